The summed E-state index contributed by atoms with van der Waals surface area (Å²) in [6.45, 7) is 6.88. The first-order valence-corrected chi connectivity index (χ1v) is 11.8. The van der Waals surface area contributed by atoms with Crippen molar-refractivity contribution in [3.05, 3.63) is 58.5 Å². The lowest BCUT2D eigenvalue weighted by atomic mass is 9.94. The Hall–Kier alpha value is -3.49. The van der Waals surface area contributed by atoms with Gasteiger partial charge in [-0.1, -0.05) is 11.2 Å². The van der Waals surface area contributed by atoms with E-state index in [2.05, 4.69) is 21.5 Å². The number of ether oxygens (including phenoxy) is 1. The molecule has 0 spiro atoms. The van der Waals surface area contributed by atoms with Crippen LogP contribution in [-0.4, -0.2) is 44.1 Å². The van der Waals surface area contributed by atoms with Gasteiger partial charge in [-0.2, -0.15) is 4.91 Å². The standard InChI is InChI=1S/C25H30N6O3/c1-25(2,3)34-24(32)30-11-4-5-17(15-30)22-23(31-12-10-26-14-21(31)28-22)27-18-7-8-19-16(13-18)6-9-20(19)29-33/h7-8,10,12-14,17,20,27H,4-6,9,11,15H2,1-3H3. The summed E-state index contributed by atoms with van der Waals surface area (Å²) >= 11 is 0. The highest BCUT2D eigenvalue weighted by Crippen LogP contribution is 2.38. The summed E-state index contributed by atoms with van der Waals surface area (Å²) < 4.78 is 7.61. The first-order chi connectivity index (χ1) is 16.3. The Morgan fingerprint density at radius 3 is 2.91 bits per heavy atom. The zero-order valence-corrected chi connectivity index (χ0v) is 19.8. The normalized spacial score (nSPS) is 20.3. The molecule has 0 bridgehead atoms. The van der Waals surface area contributed by atoms with E-state index in [4.69, 9.17) is 9.72 Å². The lowest BCUT2D eigenvalue weighted by Crippen LogP contribution is -2.42. The van der Waals surface area contributed by atoms with Gasteiger partial charge < -0.3 is 15.0 Å². The molecule has 5 rings (SSSR count). The molecule has 3 aromatic rings. The monoisotopic (exact) mass is 462 g/mol. The molecule has 2 unspecified atom stereocenters. The smallest absolute Gasteiger partial charge is 0.410 e. The number of anilines is 2. The van der Waals surface area contributed by atoms with Gasteiger partial charge in [0.2, 0.25) is 0 Å². The molecule has 9 heteroatoms. The number of amides is 1. The maximum Gasteiger partial charge on any atom is 0.410 e. The molecule has 178 valence electrons. The number of aromatic nitrogens is 3. The van der Waals surface area contributed by atoms with Gasteiger partial charge in [-0.05, 0) is 69.7 Å². The number of nitrogens with zero attached hydrogens (tertiary/aromatic N) is 5. The number of fused-ring (bicyclic) bond motifs is 2. The lowest BCUT2D eigenvalue weighted by Gasteiger charge is -2.33. The number of nitroso groups, excluding NO2 is 1. The first-order valence-electron chi connectivity index (χ1n) is 11.8. The molecule has 1 aliphatic heterocycles. The van der Waals surface area contributed by atoms with Gasteiger partial charge in [-0.3, -0.25) is 9.38 Å². The predicted octanol–water partition coefficient (Wildman–Crippen LogP) is 5.34. The third-order valence-electron chi connectivity index (χ3n) is 6.50. The first kappa shape index (κ1) is 22.3. The van der Waals surface area contributed by atoms with Crippen molar-refractivity contribution in [1.82, 2.24) is 19.3 Å². The number of aryl methyl sites for hydroxylation is 1. The maximum atomic E-state index is 12.7. The van der Waals surface area contributed by atoms with Gasteiger partial charge in [0.1, 0.15) is 17.5 Å². The minimum atomic E-state index is -0.530. The van der Waals surface area contributed by atoms with Crippen LogP contribution >= 0.6 is 0 Å². The van der Waals surface area contributed by atoms with Crippen LogP contribution in [0.4, 0.5) is 16.3 Å². The van der Waals surface area contributed by atoms with Crippen LogP contribution in [-0.2, 0) is 11.2 Å². The Morgan fingerprint density at radius 2 is 2.12 bits per heavy atom. The van der Waals surface area contributed by atoms with E-state index in [1.807, 2.05) is 43.5 Å². The Balaban J connectivity index is 1.45. The fourth-order valence-corrected chi connectivity index (χ4v) is 4.95. The van der Waals surface area contributed by atoms with Crippen molar-refractivity contribution in [2.75, 3.05) is 18.4 Å². The summed E-state index contributed by atoms with van der Waals surface area (Å²) in [5.74, 6) is 0.943. The second-order valence-electron chi connectivity index (χ2n) is 10.1. The fraction of sp³-hybridized carbons (Fsp3) is 0.480. The predicted molar refractivity (Wildman–Crippen MR) is 129 cm³/mol. The minimum absolute atomic E-state index is 0.0711. The van der Waals surface area contributed by atoms with Crippen molar-refractivity contribution >= 4 is 23.2 Å². The number of hydrogen-bond acceptors (Lipinski definition) is 7. The van der Waals surface area contributed by atoms with Crippen molar-refractivity contribution in [1.29, 1.82) is 0 Å². The molecule has 2 aliphatic rings. The van der Waals surface area contributed by atoms with Crippen LogP contribution in [0.3, 0.4) is 0 Å². The van der Waals surface area contributed by atoms with Gasteiger partial charge >= 0.3 is 6.09 Å². The second-order valence-corrected chi connectivity index (χ2v) is 10.1. The molecule has 0 radical (unpaired) electrons. The Morgan fingerprint density at radius 1 is 1.26 bits per heavy atom. The maximum absolute atomic E-state index is 12.7. The van der Waals surface area contributed by atoms with Gasteiger partial charge in [-0.25, -0.2) is 9.78 Å². The highest BCUT2D eigenvalue weighted by molar-refractivity contribution is 5.69. The summed E-state index contributed by atoms with van der Waals surface area (Å²) in [5, 5.41) is 6.83. The molecule has 3 heterocycles. The number of piperidine rings is 1. The Labute approximate surface area is 198 Å². The van der Waals surface area contributed by atoms with Crippen LogP contribution in [0, 0.1) is 4.91 Å². The van der Waals surface area contributed by atoms with Crippen LogP contribution in [0.5, 0.6) is 0 Å². The molecule has 1 amide bonds. The largest absolute Gasteiger partial charge is 0.444 e. The summed E-state index contributed by atoms with van der Waals surface area (Å²) in [5.41, 5.74) is 4.24. The number of imidazole rings is 1. The average Bonchev–Trinajstić information content (AvgIpc) is 3.39. The summed E-state index contributed by atoms with van der Waals surface area (Å²) in [6.07, 6.45) is 8.51. The molecule has 0 saturated carbocycles. The molecule has 1 aliphatic carbocycles. The van der Waals surface area contributed by atoms with E-state index in [0.29, 0.717) is 13.1 Å². The second kappa shape index (κ2) is 8.70. The number of hydrogen-bond donors (Lipinski definition) is 1. The average molecular weight is 463 g/mol. The quantitative estimate of drug-likeness (QED) is 0.525. The molecule has 1 fully saturated rings. The summed E-state index contributed by atoms with van der Waals surface area (Å²) in [6, 6.07) is 5.83. The van der Waals surface area contributed by atoms with E-state index in [-0.39, 0.29) is 18.1 Å². The zero-order valence-electron chi connectivity index (χ0n) is 19.8. The number of benzene rings is 1. The van der Waals surface area contributed by atoms with E-state index in [1.54, 1.807) is 17.3 Å². The Kier molecular flexibility index (Phi) is 5.71. The number of likely N-dealkylation sites (tertiary alicyclic amines) is 1. The summed E-state index contributed by atoms with van der Waals surface area (Å²) in [4.78, 5) is 34.7. The van der Waals surface area contributed by atoms with Crippen molar-refractivity contribution in [3.8, 4) is 0 Å². The third-order valence-corrected chi connectivity index (χ3v) is 6.50. The van der Waals surface area contributed by atoms with Crippen LogP contribution in [0.15, 0.2) is 42.0 Å². The lowest BCUT2D eigenvalue weighted by molar-refractivity contribution is 0.0197. The van der Waals surface area contributed by atoms with Crippen LogP contribution in [0.1, 0.15) is 68.8 Å². The molecular weight excluding hydrogens is 432 g/mol. The SMILES string of the molecule is CC(C)(C)OC(=O)N1CCCC(c2nc3cnccn3c2Nc2ccc3c(c2)CCC3N=O)C1. The third kappa shape index (κ3) is 4.34. The number of carbonyl (C=O) groups excluding carboxylic acids is 1. The van der Waals surface area contributed by atoms with Crippen LogP contribution in [0.2, 0.25) is 0 Å². The highest BCUT2D eigenvalue weighted by Gasteiger charge is 2.32. The van der Waals surface area contributed by atoms with E-state index in [9.17, 15) is 9.70 Å². The van der Waals surface area contributed by atoms with E-state index in [0.717, 1.165) is 59.7 Å². The number of carbonyl (C=O) groups is 1. The molecule has 1 aromatic carbocycles. The van der Waals surface area contributed by atoms with Gasteiger partial charge in [0, 0.05) is 37.1 Å². The van der Waals surface area contributed by atoms with Crippen molar-refractivity contribution in [2.24, 2.45) is 5.18 Å². The zero-order chi connectivity index (χ0) is 23.9. The van der Waals surface area contributed by atoms with Crippen LogP contribution < -0.4 is 5.32 Å². The van der Waals surface area contributed by atoms with Gasteiger partial charge in [0.05, 0.1) is 11.9 Å². The molecule has 2 aromatic heterocycles. The number of rotatable bonds is 4. The van der Waals surface area contributed by atoms with E-state index < -0.39 is 5.60 Å². The molecule has 2 atom stereocenters. The van der Waals surface area contributed by atoms with Crippen molar-refractivity contribution in [3.63, 3.8) is 0 Å². The van der Waals surface area contributed by atoms with Gasteiger partial charge in [-0.15, -0.1) is 0 Å². The van der Waals surface area contributed by atoms with Crippen molar-refractivity contribution in [2.45, 2.75) is 64.0 Å². The van der Waals surface area contributed by atoms with E-state index in [1.165, 1.54) is 0 Å². The summed E-state index contributed by atoms with van der Waals surface area (Å²) in [7, 11) is 0. The molecule has 34 heavy (non-hydrogen) atoms. The van der Waals surface area contributed by atoms with E-state index >= 15 is 0 Å². The van der Waals surface area contributed by atoms with Gasteiger partial charge in [0.15, 0.2) is 5.65 Å². The minimum Gasteiger partial charge on any atom is -0.444 e. The highest BCUT2D eigenvalue weighted by atomic mass is 16.6. The Bertz CT molecular complexity index is 1230. The molecular formula is C25H30N6O3. The topological polar surface area (TPSA) is 101 Å². The molecule has 1 N–H and O–H groups in total. The van der Waals surface area contributed by atoms with Crippen LogP contribution in [0.25, 0.3) is 5.65 Å². The number of nitrogens with one attached hydrogen (secondary N) is 1. The van der Waals surface area contributed by atoms with Gasteiger partial charge in [0.25, 0.3) is 0 Å². The molecule has 1 saturated heterocycles. The molecule has 9 nitrogen and oxygen atoms in total. The van der Waals surface area contributed by atoms with Crippen molar-refractivity contribution < 1.29 is 9.53 Å². The fourth-order valence-electron chi connectivity index (χ4n) is 4.95.